The number of carbonyl (C=O) groups excluding carboxylic acids is 1. The Kier molecular flexibility index (Phi) is 4.94. The van der Waals surface area contributed by atoms with Gasteiger partial charge in [0.25, 0.3) is 5.91 Å². The van der Waals surface area contributed by atoms with E-state index in [1.807, 2.05) is 12.1 Å². The van der Waals surface area contributed by atoms with Crippen LogP contribution in [-0.2, 0) is 4.74 Å². The maximum atomic E-state index is 12.1. The summed E-state index contributed by atoms with van der Waals surface area (Å²) in [6.45, 7) is 3.19. The van der Waals surface area contributed by atoms with Gasteiger partial charge in [0, 0.05) is 36.7 Å². The number of benzene rings is 1. The fraction of sp³-hybridized carbons (Fsp3) is 0.560. The van der Waals surface area contributed by atoms with Crippen molar-refractivity contribution in [2.75, 3.05) is 41.8 Å². The van der Waals surface area contributed by atoms with Crippen LogP contribution in [0.3, 0.4) is 0 Å². The van der Waals surface area contributed by atoms with Gasteiger partial charge in [-0.05, 0) is 61.1 Å². The van der Waals surface area contributed by atoms with Gasteiger partial charge in [0.1, 0.15) is 11.4 Å². The quantitative estimate of drug-likeness (QED) is 0.619. The summed E-state index contributed by atoms with van der Waals surface area (Å²) in [6.07, 6.45) is 10.9. The molecule has 1 aromatic heterocycles. The van der Waals surface area contributed by atoms with E-state index in [1.54, 1.807) is 0 Å². The number of nitrogens with one attached hydrogen (secondary N) is 2. The van der Waals surface area contributed by atoms with Gasteiger partial charge in [0.15, 0.2) is 0 Å². The summed E-state index contributed by atoms with van der Waals surface area (Å²) in [5.41, 5.74) is 8.89. The Morgan fingerprint density at radius 1 is 1.15 bits per heavy atom. The zero-order valence-electron chi connectivity index (χ0n) is 19.0. The van der Waals surface area contributed by atoms with Gasteiger partial charge in [0.2, 0.25) is 5.95 Å². The average Bonchev–Trinajstić information content (AvgIpc) is 3.74. The second kappa shape index (κ2) is 7.87. The van der Waals surface area contributed by atoms with Gasteiger partial charge in [-0.15, -0.1) is 0 Å². The van der Waals surface area contributed by atoms with Crippen molar-refractivity contribution < 1.29 is 9.53 Å². The molecule has 2 spiro atoms. The highest BCUT2D eigenvalue weighted by Gasteiger charge is 2.71. The number of carbonyl (C=O) groups is 1. The first-order valence-electron chi connectivity index (χ1n) is 12.2. The predicted octanol–water partition coefficient (Wildman–Crippen LogP) is 3.68. The van der Waals surface area contributed by atoms with E-state index < -0.39 is 5.91 Å². The number of hydrogen-bond acceptors (Lipinski definition) is 7. The van der Waals surface area contributed by atoms with Crippen LogP contribution in [0.25, 0.3) is 0 Å². The van der Waals surface area contributed by atoms with Crippen LogP contribution in [0, 0.1) is 10.8 Å². The van der Waals surface area contributed by atoms with Crippen molar-refractivity contribution in [2.45, 2.75) is 51.0 Å². The Morgan fingerprint density at radius 3 is 2.76 bits per heavy atom. The van der Waals surface area contributed by atoms with E-state index in [0.29, 0.717) is 34.2 Å². The molecular formula is C25H32N6O2. The van der Waals surface area contributed by atoms with Crippen molar-refractivity contribution in [3.63, 3.8) is 0 Å². The lowest BCUT2D eigenvalue weighted by atomic mass is 9.73. The molecule has 2 heterocycles. The van der Waals surface area contributed by atoms with Crippen LogP contribution >= 0.6 is 0 Å². The summed E-state index contributed by atoms with van der Waals surface area (Å²) < 4.78 is 5.46. The number of nitrogens with zero attached hydrogens (tertiary/aromatic N) is 3. The first-order chi connectivity index (χ1) is 16.1. The number of aromatic nitrogens is 2. The lowest BCUT2D eigenvalue weighted by Gasteiger charge is -2.33. The normalized spacial score (nSPS) is 27.4. The molecule has 1 aliphatic heterocycles. The third kappa shape index (κ3) is 3.70. The number of nitrogens with two attached hydrogens (primary N) is 1. The average molecular weight is 449 g/mol. The van der Waals surface area contributed by atoms with Crippen LogP contribution in [0.15, 0.2) is 30.5 Å². The molecule has 3 aliphatic carbocycles. The smallest absolute Gasteiger partial charge is 0.254 e. The van der Waals surface area contributed by atoms with Crippen molar-refractivity contribution in [3.05, 3.63) is 36.0 Å². The Labute approximate surface area is 194 Å². The molecule has 8 nitrogen and oxygen atoms in total. The summed E-state index contributed by atoms with van der Waals surface area (Å²) in [4.78, 5) is 23.5. The molecule has 1 saturated heterocycles. The van der Waals surface area contributed by atoms with Crippen LogP contribution in [0.2, 0.25) is 0 Å². The molecule has 4 N–H and O–H groups in total. The van der Waals surface area contributed by atoms with E-state index in [1.165, 1.54) is 51.1 Å². The van der Waals surface area contributed by atoms with Gasteiger partial charge < -0.3 is 26.0 Å². The van der Waals surface area contributed by atoms with Crippen LogP contribution in [0.5, 0.6) is 0 Å². The molecule has 6 rings (SSSR count). The highest BCUT2D eigenvalue weighted by Crippen LogP contribution is 2.76. The molecule has 1 aromatic carbocycles. The summed E-state index contributed by atoms with van der Waals surface area (Å²) >= 11 is 0. The summed E-state index contributed by atoms with van der Waals surface area (Å²) in [6, 6.07) is 8.56. The van der Waals surface area contributed by atoms with Gasteiger partial charge in [-0.25, -0.2) is 4.98 Å². The third-order valence-corrected chi connectivity index (χ3v) is 8.36. The van der Waals surface area contributed by atoms with Crippen molar-refractivity contribution in [2.24, 2.45) is 16.6 Å². The second-order valence-corrected chi connectivity index (χ2v) is 10.1. The highest BCUT2D eigenvalue weighted by molar-refractivity contribution is 5.98. The summed E-state index contributed by atoms with van der Waals surface area (Å²) in [5.74, 6) is 0.467. The highest BCUT2D eigenvalue weighted by atomic mass is 16.5. The molecular weight excluding hydrogens is 416 g/mol. The second-order valence-electron chi connectivity index (χ2n) is 10.1. The molecule has 4 fully saturated rings. The van der Waals surface area contributed by atoms with Crippen molar-refractivity contribution in [1.29, 1.82) is 0 Å². The van der Waals surface area contributed by atoms with Crippen LogP contribution in [-0.4, -0.2) is 48.2 Å². The Morgan fingerprint density at radius 2 is 1.97 bits per heavy atom. The monoisotopic (exact) mass is 448 g/mol. The van der Waals surface area contributed by atoms with E-state index in [2.05, 4.69) is 37.6 Å². The maximum absolute atomic E-state index is 12.1. The first kappa shape index (κ1) is 20.7. The number of morpholine rings is 1. The zero-order valence-corrected chi connectivity index (χ0v) is 19.0. The van der Waals surface area contributed by atoms with E-state index in [0.717, 1.165) is 37.7 Å². The summed E-state index contributed by atoms with van der Waals surface area (Å²) in [7, 11) is 0. The molecule has 174 valence electrons. The zero-order chi connectivity index (χ0) is 22.5. The molecule has 2 aromatic rings. The Hall–Kier alpha value is -2.87. The Balaban J connectivity index is 1.22. The molecule has 1 amide bonds. The lowest BCUT2D eigenvalue weighted by molar-refractivity contribution is 0.100. The SMILES string of the molecule is NC(=O)c1cnc(N[C@@H]2CC23CCCCC32CC2)nc1Nc1cccc(N2CCOCC2)c1. The number of amides is 1. The van der Waals surface area contributed by atoms with Crippen LogP contribution < -0.4 is 21.3 Å². The topological polar surface area (TPSA) is 105 Å². The number of hydrogen-bond donors (Lipinski definition) is 3. The number of anilines is 4. The maximum Gasteiger partial charge on any atom is 0.254 e. The van der Waals surface area contributed by atoms with E-state index in [-0.39, 0.29) is 0 Å². The standard InChI is InChI=1S/C25H32N6O2/c26-21(32)19-16-27-23(29-20-15-25(20)7-2-1-6-24(25)8-9-24)30-22(19)28-17-4-3-5-18(14-17)31-10-12-33-13-11-31/h3-5,14,16,20H,1-2,6-13,15H2,(H2,26,32)(H2,27,28,29,30)/t20-,25?/m1/s1. The largest absolute Gasteiger partial charge is 0.378 e. The molecule has 4 aliphatic rings. The van der Waals surface area contributed by atoms with Gasteiger partial charge in [0.05, 0.1) is 13.2 Å². The summed E-state index contributed by atoms with van der Waals surface area (Å²) in [5, 5.41) is 6.91. The number of fused-ring (bicyclic) bond motifs is 1. The fourth-order valence-corrected chi connectivity index (χ4v) is 6.30. The van der Waals surface area contributed by atoms with Crippen LogP contribution in [0.4, 0.5) is 23.1 Å². The molecule has 0 bridgehead atoms. The van der Waals surface area contributed by atoms with Crippen molar-refractivity contribution >= 4 is 29.0 Å². The number of rotatable bonds is 6. The molecule has 33 heavy (non-hydrogen) atoms. The molecule has 2 atom stereocenters. The van der Waals surface area contributed by atoms with Gasteiger partial charge in [-0.3, -0.25) is 4.79 Å². The molecule has 3 saturated carbocycles. The van der Waals surface area contributed by atoms with Gasteiger partial charge in [-0.1, -0.05) is 18.9 Å². The van der Waals surface area contributed by atoms with Gasteiger partial charge >= 0.3 is 0 Å². The number of primary amides is 1. The Bertz CT molecular complexity index is 1060. The fourth-order valence-electron chi connectivity index (χ4n) is 6.30. The molecule has 8 heteroatoms. The minimum Gasteiger partial charge on any atom is -0.378 e. The van der Waals surface area contributed by atoms with Crippen molar-refractivity contribution in [3.8, 4) is 0 Å². The van der Waals surface area contributed by atoms with E-state index >= 15 is 0 Å². The van der Waals surface area contributed by atoms with Crippen molar-refractivity contribution in [1.82, 2.24) is 9.97 Å². The minimum absolute atomic E-state index is 0.291. The molecule has 1 unspecified atom stereocenters. The van der Waals surface area contributed by atoms with Crippen LogP contribution in [0.1, 0.15) is 55.3 Å². The third-order valence-electron chi connectivity index (χ3n) is 8.36. The first-order valence-corrected chi connectivity index (χ1v) is 12.2. The van der Waals surface area contributed by atoms with Gasteiger partial charge in [-0.2, -0.15) is 4.98 Å². The van der Waals surface area contributed by atoms with E-state index in [4.69, 9.17) is 10.5 Å². The predicted molar refractivity (Wildman–Crippen MR) is 128 cm³/mol. The van der Waals surface area contributed by atoms with E-state index in [9.17, 15) is 4.79 Å². The number of ether oxygens (including phenoxy) is 1. The minimum atomic E-state index is -0.541. The lowest BCUT2D eigenvalue weighted by Crippen LogP contribution is -2.36. The molecule has 0 radical (unpaired) electrons.